The summed E-state index contributed by atoms with van der Waals surface area (Å²) < 4.78 is 0. The molecule has 1 aliphatic rings. The third-order valence-corrected chi connectivity index (χ3v) is 3.47. The van der Waals surface area contributed by atoms with Gasteiger partial charge >= 0.3 is 5.69 Å². The van der Waals surface area contributed by atoms with Crippen LogP contribution in [0.5, 0.6) is 5.75 Å². The molecule has 2 atom stereocenters. The highest BCUT2D eigenvalue weighted by Crippen LogP contribution is 2.57. The van der Waals surface area contributed by atoms with Gasteiger partial charge in [-0.25, -0.2) is 0 Å². The molecule has 1 saturated carbocycles. The number of phenolic OH excluding ortho intramolecular Hbond substituents is 1. The van der Waals surface area contributed by atoms with Gasteiger partial charge in [0.1, 0.15) is 0 Å². The zero-order valence-electron chi connectivity index (χ0n) is 9.18. The second kappa shape index (κ2) is 3.18. The van der Waals surface area contributed by atoms with Crippen LogP contribution in [0.2, 0.25) is 0 Å². The lowest BCUT2D eigenvalue weighted by Crippen LogP contribution is -2.06. The molecule has 86 valence electrons. The van der Waals surface area contributed by atoms with Crippen molar-refractivity contribution in [3.05, 3.63) is 33.9 Å². The third-order valence-electron chi connectivity index (χ3n) is 3.47. The highest BCUT2D eigenvalue weighted by atomic mass is 16.6. The van der Waals surface area contributed by atoms with Crippen molar-refractivity contribution in [1.29, 1.82) is 0 Å². The van der Waals surface area contributed by atoms with Gasteiger partial charge < -0.3 is 10.8 Å². The molecule has 5 heteroatoms. The van der Waals surface area contributed by atoms with Crippen LogP contribution in [0.3, 0.4) is 0 Å². The molecule has 0 amide bonds. The van der Waals surface area contributed by atoms with Gasteiger partial charge in [0.05, 0.1) is 4.92 Å². The van der Waals surface area contributed by atoms with E-state index in [9.17, 15) is 15.2 Å². The summed E-state index contributed by atoms with van der Waals surface area (Å²) in [6.07, 6.45) is 0. The van der Waals surface area contributed by atoms with Crippen molar-refractivity contribution in [2.45, 2.75) is 25.8 Å². The van der Waals surface area contributed by atoms with Gasteiger partial charge in [-0.05, 0) is 17.0 Å². The predicted octanol–water partition coefficient (Wildman–Crippen LogP) is 1.75. The van der Waals surface area contributed by atoms with Crippen LogP contribution >= 0.6 is 0 Å². The number of hydrogen-bond donors (Lipinski definition) is 2. The molecule has 2 rings (SSSR count). The van der Waals surface area contributed by atoms with Crippen LogP contribution in [0.4, 0.5) is 5.69 Å². The fourth-order valence-electron chi connectivity index (χ4n) is 2.20. The summed E-state index contributed by atoms with van der Waals surface area (Å²) in [6.45, 7) is 4.08. The van der Waals surface area contributed by atoms with E-state index in [4.69, 9.17) is 5.73 Å². The standard InChI is InChI=1S/C11H14N2O3/c1-11(2)9(10(11)12)6-3-4-7(13(15)16)8(14)5-6/h3-5,9-10,14H,12H2,1-2H3. The number of phenols is 1. The van der Waals surface area contributed by atoms with E-state index in [2.05, 4.69) is 0 Å². The molecule has 0 heterocycles. The van der Waals surface area contributed by atoms with Crippen molar-refractivity contribution in [1.82, 2.24) is 0 Å². The lowest BCUT2D eigenvalue weighted by molar-refractivity contribution is -0.385. The molecule has 3 N–H and O–H groups in total. The molecule has 0 aliphatic heterocycles. The van der Waals surface area contributed by atoms with Crippen molar-refractivity contribution in [3.63, 3.8) is 0 Å². The van der Waals surface area contributed by atoms with Gasteiger partial charge in [-0.1, -0.05) is 19.9 Å². The highest BCUT2D eigenvalue weighted by molar-refractivity contribution is 5.50. The summed E-state index contributed by atoms with van der Waals surface area (Å²) >= 11 is 0. The first-order chi connectivity index (χ1) is 7.35. The van der Waals surface area contributed by atoms with E-state index in [-0.39, 0.29) is 28.8 Å². The average molecular weight is 222 g/mol. The first-order valence-corrected chi connectivity index (χ1v) is 5.08. The maximum absolute atomic E-state index is 10.5. The number of nitrogens with two attached hydrogens (primary N) is 1. The van der Waals surface area contributed by atoms with E-state index in [0.717, 1.165) is 5.56 Å². The molecular weight excluding hydrogens is 208 g/mol. The Balaban J connectivity index is 2.33. The topological polar surface area (TPSA) is 89.4 Å². The highest BCUT2D eigenvalue weighted by Gasteiger charge is 2.56. The Morgan fingerprint density at radius 1 is 1.50 bits per heavy atom. The van der Waals surface area contributed by atoms with E-state index < -0.39 is 4.92 Å². The molecule has 1 aromatic carbocycles. The maximum atomic E-state index is 10.5. The van der Waals surface area contributed by atoms with Gasteiger partial charge in [0.25, 0.3) is 0 Å². The SMILES string of the molecule is CC1(C)C(N)C1c1ccc([N+](=O)[O-])c(O)c1. The Morgan fingerprint density at radius 3 is 2.44 bits per heavy atom. The molecule has 5 nitrogen and oxygen atoms in total. The summed E-state index contributed by atoms with van der Waals surface area (Å²) in [5.41, 5.74) is 6.51. The first kappa shape index (κ1) is 10.9. The Kier molecular flexibility index (Phi) is 2.17. The largest absolute Gasteiger partial charge is 0.502 e. The third kappa shape index (κ3) is 1.44. The van der Waals surface area contributed by atoms with E-state index in [1.165, 1.54) is 12.1 Å². The lowest BCUT2D eigenvalue weighted by Gasteiger charge is -2.03. The number of nitrogens with zero attached hydrogens (tertiary/aromatic N) is 1. The summed E-state index contributed by atoms with van der Waals surface area (Å²) in [5, 5.41) is 20.0. The summed E-state index contributed by atoms with van der Waals surface area (Å²) in [5.74, 6) is -0.128. The van der Waals surface area contributed by atoms with Crippen molar-refractivity contribution >= 4 is 5.69 Å². The molecule has 0 bridgehead atoms. The van der Waals surface area contributed by atoms with E-state index in [1.807, 2.05) is 13.8 Å². The van der Waals surface area contributed by atoms with Gasteiger partial charge in [-0.3, -0.25) is 10.1 Å². The van der Waals surface area contributed by atoms with Crippen LogP contribution in [0.1, 0.15) is 25.3 Å². The zero-order valence-corrected chi connectivity index (χ0v) is 9.18. The second-order valence-corrected chi connectivity index (χ2v) is 4.83. The minimum Gasteiger partial charge on any atom is -0.502 e. The lowest BCUT2D eigenvalue weighted by atomic mass is 10.0. The van der Waals surface area contributed by atoms with E-state index in [0.29, 0.717) is 0 Å². The van der Waals surface area contributed by atoms with Crippen LogP contribution in [0.15, 0.2) is 18.2 Å². The van der Waals surface area contributed by atoms with Crippen LogP contribution in [-0.4, -0.2) is 16.1 Å². The Hall–Kier alpha value is -1.62. The second-order valence-electron chi connectivity index (χ2n) is 4.83. The van der Waals surface area contributed by atoms with Gasteiger partial charge in [-0.15, -0.1) is 0 Å². The van der Waals surface area contributed by atoms with Gasteiger partial charge in [0, 0.05) is 18.0 Å². The molecule has 0 saturated heterocycles. The molecule has 1 aliphatic carbocycles. The molecule has 2 unspecified atom stereocenters. The number of benzene rings is 1. The van der Waals surface area contributed by atoms with Crippen molar-refractivity contribution in [2.75, 3.05) is 0 Å². The molecule has 16 heavy (non-hydrogen) atoms. The van der Waals surface area contributed by atoms with Crippen LogP contribution < -0.4 is 5.73 Å². The number of nitro benzene ring substituents is 1. The summed E-state index contributed by atoms with van der Waals surface area (Å²) in [4.78, 5) is 9.93. The summed E-state index contributed by atoms with van der Waals surface area (Å²) in [7, 11) is 0. The number of rotatable bonds is 2. The van der Waals surface area contributed by atoms with Crippen molar-refractivity contribution in [2.24, 2.45) is 11.1 Å². The number of hydrogen-bond acceptors (Lipinski definition) is 4. The predicted molar refractivity (Wildman–Crippen MR) is 59.3 cm³/mol. The summed E-state index contributed by atoms with van der Waals surface area (Å²) in [6, 6.07) is 4.48. The normalized spacial score (nSPS) is 26.4. The molecule has 0 spiro atoms. The quantitative estimate of drug-likeness (QED) is 0.589. The van der Waals surface area contributed by atoms with Crippen molar-refractivity contribution in [3.8, 4) is 5.75 Å². The minimum absolute atomic E-state index is 0.00255. The Morgan fingerprint density at radius 2 is 2.06 bits per heavy atom. The van der Waals surface area contributed by atoms with Crippen LogP contribution in [0, 0.1) is 15.5 Å². The average Bonchev–Trinajstić information content (AvgIpc) is 2.65. The van der Waals surface area contributed by atoms with Crippen LogP contribution in [0.25, 0.3) is 0 Å². The number of aromatic hydroxyl groups is 1. The first-order valence-electron chi connectivity index (χ1n) is 5.08. The molecule has 1 aromatic rings. The minimum atomic E-state index is -0.600. The maximum Gasteiger partial charge on any atom is 0.310 e. The number of nitro groups is 1. The van der Waals surface area contributed by atoms with Gasteiger partial charge in [0.2, 0.25) is 0 Å². The molecular formula is C11H14N2O3. The fraction of sp³-hybridized carbons (Fsp3) is 0.455. The van der Waals surface area contributed by atoms with Gasteiger partial charge in [-0.2, -0.15) is 0 Å². The molecule has 0 aromatic heterocycles. The smallest absolute Gasteiger partial charge is 0.310 e. The fourth-order valence-corrected chi connectivity index (χ4v) is 2.20. The monoisotopic (exact) mass is 222 g/mol. The van der Waals surface area contributed by atoms with Crippen LogP contribution in [-0.2, 0) is 0 Å². The Labute approximate surface area is 93.0 Å². The van der Waals surface area contributed by atoms with E-state index >= 15 is 0 Å². The molecule has 0 radical (unpaired) electrons. The molecule has 1 fully saturated rings. The van der Waals surface area contributed by atoms with E-state index in [1.54, 1.807) is 6.07 Å². The Bertz CT molecular complexity index is 457. The van der Waals surface area contributed by atoms with Crippen molar-refractivity contribution < 1.29 is 10.0 Å². The zero-order chi connectivity index (χ0) is 12.1. The van der Waals surface area contributed by atoms with Gasteiger partial charge in [0.15, 0.2) is 5.75 Å².